The van der Waals surface area contributed by atoms with Crippen LogP contribution in [0.2, 0.25) is 0 Å². The lowest BCUT2D eigenvalue weighted by atomic mass is 9.80. The maximum Gasteiger partial charge on any atom is 0.338 e. The highest BCUT2D eigenvalue weighted by atomic mass is 32.2. The number of carbonyl (C=O) groups excluding carboxylic acids is 5. The number of rotatable bonds is 29. The molecule has 3 aromatic carbocycles. The van der Waals surface area contributed by atoms with E-state index in [0.717, 1.165) is 25.3 Å². The van der Waals surface area contributed by atoms with Gasteiger partial charge in [0.1, 0.15) is 66.5 Å². The zero-order valence-corrected chi connectivity index (χ0v) is 54.3. The van der Waals surface area contributed by atoms with Crippen LogP contribution in [0, 0.1) is 11.8 Å². The van der Waals surface area contributed by atoms with Crippen molar-refractivity contribution in [1.29, 1.82) is 0 Å². The minimum Gasteiger partial charge on any atom is -0.479 e. The number of aliphatic hydroxyl groups is 5. The van der Waals surface area contributed by atoms with E-state index in [1.54, 1.807) is 6.07 Å². The smallest absolute Gasteiger partial charge is 0.338 e. The van der Waals surface area contributed by atoms with Gasteiger partial charge in [-0.3, -0.25) is 42.6 Å². The van der Waals surface area contributed by atoms with Gasteiger partial charge >= 0.3 is 17.6 Å². The Morgan fingerprint density at radius 3 is 1.96 bits per heavy atom. The zero-order chi connectivity index (χ0) is 71.6. The van der Waals surface area contributed by atoms with Crippen LogP contribution in [0.5, 0.6) is 0 Å². The number of hydrogen-bond acceptors (Lipinski definition) is 27. The molecule has 2 saturated heterocycles. The lowest BCUT2D eigenvalue weighted by Gasteiger charge is -2.48. The second-order valence-corrected chi connectivity index (χ2v) is 27.8. The second kappa shape index (κ2) is 33.2. The number of amides is 4. The quantitative estimate of drug-likeness (QED) is 0.0147. The number of aromatic nitrogens is 2. The summed E-state index contributed by atoms with van der Waals surface area (Å²) in [6, 6.07) is 8.66. The molecule has 15 N–H and O–H groups in total. The van der Waals surface area contributed by atoms with Crippen LogP contribution in [0.25, 0.3) is 10.8 Å². The van der Waals surface area contributed by atoms with Gasteiger partial charge in [-0.2, -0.15) is 25.3 Å². The zero-order valence-electron chi connectivity index (χ0n) is 51.8. The maximum absolute atomic E-state index is 14.4. The highest BCUT2D eigenvalue weighted by Gasteiger charge is 2.55. The number of benzene rings is 3. The summed E-state index contributed by atoms with van der Waals surface area (Å²) in [6.45, 7) is -2.49. The molecule has 4 unspecified atom stereocenters. The van der Waals surface area contributed by atoms with Crippen molar-refractivity contribution in [2.75, 3.05) is 51.4 Å². The normalized spacial score (nSPS) is 26.7. The van der Waals surface area contributed by atoms with Crippen LogP contribution in [0.1, 0.15) is 79.1 Å². The second-order valence-electron chi connectivity index (χ2n) is 23.5. The van der Waals surface area contributed by atoms with Crippen LogP contribution in [-0.2, 0) is 87.4 Å². The summed E-state index contributed by atoms with van der Waals surface area (Å²) in [6.07, 6.45) is -20.2. The number of aromatic amines is 2. The standard InChI is InChI=1S/C58H74N6O31S3/c1-27-45(69)47(71)48(72)56(90-27)95-49-35(62-53(74)36-23-41(66)64-58(78)63-36)19-31(20-37(49)92-57-51(94-55(77)29-10-6-3-7-11-29)50(46(70)39(24-65)93-57)91-38(54(75)76)16-28-8-4-2-5-9-28)52(73)60-13-12-59-42(67)25-88-14-15-89-26-43(68)61-34-21-32(96(79,80)81)17-30-18-33(97(82,83)84)22-40(44(30)34)98(85,86)87/h3,6-7,10-11,17-18,21-23,27-28,31,35,37-39,45-51,56-57,65,69-72H,2,4-5,8-9,12-16,19-20,24-26H2,1H3,(H,59,67)(H,60,73)(H,61,68)(H,62,74)(H,75,76)(H,79,80,81)(H,82,83,84)(H,85,86,87)(H2,63,64,66,78)/t27-,31?,35?,37?,38-,39+,45+,46-,47+,48-,49?,50-,51+,56-,57+/m0/s1. The Morgan fingerprint density at radius 1 is 0.694 bits per heavy atom. The van der Waals surface area contributed by atoms with Crippen molar-refractivity contribution in [1.82, 2.24) is 25.9 Å². The van der Waals surface area contributed by atoms with E-state index in [4.69, 9.17) is 37.9 Å². The first kappa shape index (κ1) is 76.4. The Morgan fingerprint density at radius 2 is 1.34 bits per heavy atom. The number of hydrogen-bond donors (Lipinski definition) is 15. The van der Waals surface area contributed by atoms with E-state index in [1.165, 1.54) is 31.2 Å². The van der Waals surface area contributed by atoms with Crippen LogP contribution in [0.3, 0.4) is 0 Å². The monoisotopic (exact) mass is 1450 g/mol. The molecule has 4 aliphatic rings. The van der Waals surface area contributed by atoms with Gasteiger partial charge in [0.15, 0.2) is 24.8 Å². The fraction of sp³-hybridized carbons (Fsp3) is 0.552. The number of H-pyrrole nitrogens is 2. The molecule has 40 heteroatoms. The third-order valence-electron chi connectivity index (χ3n) is 16.5. The van der Waals surface area contributed by atoms with E-state index in [2.05, 4.69) is 26.3 Å². The molecular formula is C58H74N6O31S3. The molecule has 8 rings (SSSR count). The minimum absolute atomic E-state index is 0.0398. The molecule has 0 radical (unpaired) electrons. The van der Waals surface area contributed by atoms with Gasteiger partial charge in [-0.05, 0) is 73.9 Å². The molecular weight excluding hydrogens is 1370 g/mol. The summed E-state index contributed by atoms with van der Waals surface area (Å²) in [4.78, 5) is 107. The number of carbonyl (C=O) groups is 6. The van der Waals surface area contributed by atoms with Gasteiger partial charge in [0.2, 0.25) is 17.7 Å². The average molecular weight is 1450 g/mol. The Hall–Kier alpha value is -7.33. The van der Waals surface area contributed by atoms with Gasteiger partial charge in [0, 0.05) is 30.5 Å². The van der Waals surface area contributed by atoms with E-state index in [0.29, 0.717) is 37.1 Å². The van der Waals surface area contributed by atoms with Gasteiger partial charge in [-0.15, -0.1) is 0 Å². The molecule has 3 heterocycles. The molecule has 540 valence electrons. The minimum atomic E-state index is -5.35. The highest BCUT2D eigenvalue weighted by Crippen LogP contribution is 2.39. The van der Waals surface area contributed by atoms with E-state index in [1.807, 2.05) is 4.98 Å². The summed E-state index contributed by atoms with van der Waals surface area (Å²) in [5, 5.41) is 74.5. The maximum atomic E-state index is 14.4. The summed E-state index contributed by atoms with van der Waals surface area (Å²) in [5.41, 5.74) is -3.45. The van der Waals surface area contributed by atoms with Crippen LogP contribution in [0.4, 0.5) is 5.69 Å². The van der Waals surface area contributed by atoms with Gasteiger partial charge in [0.25, 0.3) is 41.8 Å². The van der Waals surface area contributed by atoms with Crippen LogP contribution in [0.15, 0.2) is 84.9 Å². The number of nitrogens with one attached hydrogen (secondary N) is 6. The first-order valence-corrected chi connectivity index (χ1v) is 34.8. The van der Waals surface area contributed by atoms with Crippen molar-refractivity contribution in [3.05, 3.63) is 92.8 Å². The average Bonchev–Trinajstić information content (AvgIpc) is 0.756. The number of carboxylic acid groups (broad SMARTS) is 1. The first-order chi connectivity index (χ1) is 46.2. The summed E-state index contributed by atoms with van der Waals surface area (Å²) >= 11 is 0. The molecule has 4 amide bonds. The highest BCUT2D eigenvalue weighted by molar-refractivity contribution is 7.87. The Labute approximate surface area is 557 Å². The number of aliphatic hydroxyl groups excluding tert-OH is 5. The van der Waals surface area contributed by atoms with Crippen molar-refractivity contribution in [2.24, 2.45) is 11.8 Å². The third kappa shape index (κ3) is 20.0. The van der Waals surface area contributed by atoms with Crippen molar-refractivity contribution in [3.63, 3.8) is 0 Å². The van der Waals surface area contributed by atoms with E-state index in [9.17, 15) is 108 Å². The van der Waals surface area contributed by atoms with E-state index >= 15 is 0 Å². The molecule has 0 bridgehead atoms. The van der Waals surface area contributed by atoms with Crippen LogP contribution >= 0.6 is 0 Å². The van der Waals surface area contributed by atoms with Gasteiger partial charge in [-0.25, -0.2) is 14.4 Å². The van der Waals surface area contributed by atoms with Crippen molar-refractivity contribution < 1.29 is 136 Å². The van der Waals surface area contributed by atoms with E-state index < -0.39 is 245 Å². The topological polar surface area (TPSA) is 575 Å². The summed E-state index contributed by atoms with van der Waals surface area (Å²) < 4.78 is 150. The molecule has 4 aromatic rings. The van der Waals surface area contributed by atoms with Crippen LogP contribution < -0.4 is 32.5 Å². The third-order valence-corrected chi connectivity index (χ3v) is 19.1. The number of aliphatic carboxylic acids is 1. The number of fused-ring (bicyclic) bond motifs is 1. The molecule has 4 fully saturated rings. The number of esters is 1. The molecule has 15 atom stereocenters. The molecule has 2 aliphatic carbocycles. The first-order valence-electron chi connectivity index (χ1n) is 30.5. The number of carboxylic acids is 1. The molecule has 2 saturated carbocycles. The fourth-order valence-electron chi connectivity index (χ4n) is 11.7. The van der Waals surface area contributed by atoms with Crippen molar-refractivity contribution in [3.8, 4) is 0 Å². The fourth-order valence-corrected chi connectivity index (χ4v) is 13.7. The molecule has 0 spiro atoms. The van der Waals surface area contributed by atoms with Gasteiger partial charge < -0.3 is 94.8 Å². The van der Waals surface area contributed by atoms with Crippen molar-refractivity contribution >= 4 is 82.4 Å². The summed E-state index contributed by atoms with van der Waals surface area (Å²) in [7, 11) is -15.7. The molecule has 98 heavy (non-hydrogen) atoms. The number of anilines is 1. The predicted molar refractivity (Wildman–Crippen MR) is 328 cm³/mol. The Bertz CT molecular complexity index is 3970. The summed E-state index contributed by atoms with van der Waals surface area (Å²) in [5.74, 6) is -7.75. The number of ether oxygens (including phenoxy) is 8. The molecule has 1 aromatic heterocycles. The predicted octanol–water partition coefficient (Wildman–Crippen LogP) is -2.92. The van der Waals surface area contributed by atoms with Gasteiger partial charge in [-0.1, -0.05) is 50.3 Å². The lowest BCUT2D eigenvalue weighted by molar-refractivity contribution is -0.347. The Balaban J connectivity index is 0.977. The molecule has 37 nitrogen and oxygen atoms in total. The van der Waals surface area contributed by atoms with Gasteiger partial charge in [0.05, 0.1) is 59.1 Å². The SMILES string of the molecule is C[C@@H]1O[C@@H](OC2C(NC(=O)c3cc(=O)[nH]c(=O)[nH]3)CC(C(=O)NCCNC(=O)COCCOCC(=O)Nc3cc(S(=O)(=O)O)cc4cc(S(=O)(=O)O)cc(S(=O)(=O)O)c34)CC2O[C@@H]2O[C@H](CO)[C@H](O)[C@H](O[C@@H](CC3CCCCC3)C(=O)O)[C@H]2OC(=O)c2ccccc2)[C@@H](O)[C@H](O)[C@@H]1O. The lowest BCUT2D eigenvalue weighted by Crippen LogP contribution is -2.65. The van der Waals surface area contributed by atoms with Crippen molar-refractivity contribution in [2.45, 2.75) is 159 Å². The molecule has 2 aliphatic heterocycles. The largest absolute Gasteiger partial charge is 0.479 e. The van der Waals surface area contributed by atoms with Crippen LogP contribution in [-0.4, -0.2) is 247 Å². The Kier molecular flexibility index (Phi) is 25.9. The van der Waals surface area contributed by atoms with E-state index in [-0.39, 0.29) is 37.6 Å².